The van der Waals surface area contributed by atoms with Gasteiger partial charge in [0.2, 0.25) is 0 Å². The Labute approximate surface area is 131 Å². The van der Waals surface area contributed by atoms with Gasteiger partial charge >= 0.3 is 5.97 Å². The summed E-state index contributed by atoms with van der Waals surface area (Å²) in [6, 6.07) is 7.86. The van der Waals surface area contributed by atoms with Crippen LogP contribution in [0.15, 0.2) is 30.3 Å². The van der Waals surface area contributed by atoms with E-state index in [9.17, 15) is 18.3 Å². The summed E-state index contributed by atoms with van der Waals surface area (Å²) in [6.45, 7) is 0.903. The predicted molar refractivity (Wildman–Crippen MR) is 83.7 cm³/mol. The van der Waals surface area contributed by atoms with Crippen molar-refractivity contribution in [1.29, 1.82) is 0 Å². The summed E-state index contributed by atoms with van der Waals surface area (Å²) in [6.07, 6.45) is 3.79. The van der Waals surface area contributed by atoms with Gasteiger partial charge < -0.3 is 5.11 Å². The normalized spacial score (nSPS) is 18.5. The van der Waals surface area contributed by atoms with Crippen LogP contribution in [-0.4, -0.2) is 42.9 Å². The Morgan fingerprint density at radius 3 is 2.27 bits per heavy atom. The lowest BCUT2D eigenvalue weighted by Crippen LogP contribution is -2.49. The van der Waals surface area contributed by atoms with E-state index < -0.39 is 22.2 Å². The number of carbonyl (C=O) groups is 1. The summed E-state index contributed by atoms with van der Waals surface area (Å²) in [7, 11) is -3.77. The van der Waals surface area contributed by atoms with Crippen molar-refractivity contribution in [2.24, 2.45) is 0 Å². The van der Waals surface area contributed by atoms with Gasteiger partial charge in [-0.3, -0.25) is 4.79 Å². The van der Waals surface area contributed by atoms with Crippen LogP contribution in [0.4, 0.5) is 0 Å². The molecule has 1 fully saturated rings. The van der Waals surface area contributed by atoms with E-state index in [4.69, 9.17) is 0 Å². The summed E-state index contributed by atoms with van der Waals surface area (Å²) in [5.74, 6) is -1.16. The van der Waals surface area contributed by atoms with Crippen LogP contribution in [0.5, 0.6) is 0 Å². The highest BCUT2D eigenvalue weighted by Crippen LogP contribution is 2.13. The minimum Gasteiger partial charge on any atom is -0.480 e. The molecule has 0 bridgehead atoms. The number of nitrogens with zero attached hydrogens (tertiary/aromatic N) is 1. The second-order valence-electron chi connectivity index (χ2n) is 5.52. The van der Waals surface area contributed by atoms with Gasteiger partial charge in [0.15, 0.2) is 0 Å². The molecule has 1 atom stereocenters. The molecule has 1 saturated heterocycles. The van der Waals surface area contributed by atoms with Gasteiger partial charge in [-0.05, 0) is 24.8 Å². The second-order valence-corrected chi connectivity index (χ2v) is 7.22. The largest absolute Gasteiger partial charge is 0.480 e. The Morgan fingerprint density at radius 2 is 1.73 bits per heavy atom. The molecule has 0 aliphatic carbocycles. The minimum absolute atomic E-state index is 0.128. The smallest absolute Gasteiger partial charge is 0.322 e. The summed E-state index contributed by atoms with van der Waals surface area (Å²) in [4.78, 5) is 11.4. The summed E-state index contributed by atoms with van der Waals surface area (Å²) in [5.41, 5.74) is 0.786. The van der Waals surface area contributed by atoms with Gasteiger partial charge in [0.05, 0.1) is 0 Å². The maximum atomic E-state index is 12.4. The molecule has 22 heavy (non-hydrogen) atoms. The van der Waals surface area contributed by atoms with Crippen LogP contribution < -0.4 is 4.72 Å². The van der Waals surface area contributed by atoms with E-state index in [0.29, 0.717) is 13.1 Å². The van der Waals surface area contributed by atoms with Crippen LogP contribution in [0.1, 0.15) is 31.2 Å². The van der Waals surface area contributed by atoms with Crippen LogP contribution in [0.3, 0.4) is 0 Å². The van der Waals surface area contributed by atoms with E-state index in [2.05, 4.69) is 4.72 Å². The molecule has 1 heterocycles. The van der Waals surface area contributed by atoms with Crippen molar-refractivity contribution in [3.8, 4) is 0 Å². The van der Waals surface area contributed by atoms with Crippen molar-refractivity contribution in [1.82, 2.24) is 9.03 Å². The number of hydrogen-bond acceptors (Lipinski definition) is 3. The van der Waals surface area contributed by atoms with Crippen LogP contribution >= 0.6 is 0 Å². The Balaban J connectivity index is 2.07. The number of hydrogen-bond donors (Lipinski definition) is 2. The lowest BCUT2D eigenvalue weighted by atomic mass is 10.1. The fourth-order valence-corrected chi connectivity index (χ4v) is 4.00. The zero-order valence-electron chi connectivity index (χ0n) is 12.4. The molecule has 122 valence electrons. The Kier molecular flexibility index (Phi) is 5.93. The first-order chi connectivity index (χ1) is 10.5. The molecule has 0 unspecified atom stereocenters. The van der Waals surface area contributed by atoms with E-state index in [-0.39, 0.29) is 6.42 Å². The molecule has 1 aromatic rings. The van der Waals surface area contributed by atoms with E-state index >= 15 is 0 Å². The van der Waals surface area contributed by atoms with Gasteiger partial charge in [-0.2, -0.15) is 17.4 Å². The van der Waals surface area contributed by atoms with Crippen molar-refractivity contribution in [3.63, 3.8) is 0 Å². The molecule has 6 nitrogen and oxygen atoms in total. The third-order valence-corrected chi connectivity index (χ3v) is 5.40. The van der Waals surface area contributed by atoms with Gasteiger partial charge in [0, 0.05) is 13.1 Å². The molecule has 1 aliphatic heterocycles. The second kappa shape index (κ2) is 7.71. The van der Waals surface area contributed by atoms with Crippen LogP contribution in [0, 0.1) is 0 Å². The number of benzene rings is 1. The molecule has 0 spiro atoms. The van der Waals surface area contributed by atoms with Crippen molar-refractivity contribution < 1.29 is 18.3 Å². The lowest BCUT2D eigenvalue weighted by Gasteiger charge is -2.23. The third kappa shape index (κ3) is 4.79. The Hall–Kier alpha value is -1.44. The van der Waals surface area contributed by atoms with Crippen molar-refractivity contribution in [2.75, 3.05) is 13.1 Å². The van der Waals surface area contributed by atoms with E-state index in [1.54, 1.807) is 24.3 Å². The average molecular weight is 326 g/mol. The SMILES string of the molecule is O=C(O)[C@H](Cc1ccccc1)NS(=O)(=O)N1CCCCCC1. The molecule has 1 aromatic carbocycles. The van der Waals surface area contributed by atoms with Gasteiger partial charge in [-0.1, -0.05) is 43.2 Å². The zero-order chi connectivity index (χ0) is 16.0. The van der Waals surface area contributed by atoms with Crippen molar-refractivity contribution >= 4 is 16.2 Å². The quantitative estimate of drug-likeness (QED) is 0.827. The third-order valence-electron chi connectivity index (χ3n) is 3.78. The molecular formula is C15H22N2O4S. The van der Waals surface area contributed by atoms with Gasteiger partial charge in [-0.15, -0.1) is 0 Å². The topological polar surface area (TPSA) is 86.7 Å². The average Bonchev–Trinajstić information content (AvgIpc) is 2.77. The highest BCUT2D eigenvalue weighted by atomic mass is 32.2. The number of rotatable bonds is 6. The standard InChI is InChI=1S/C15H22N2O4S/c18-15(19)14(12-13-8-4-3-5-9-13)16-22(20,21)17-10-6-1-2-7-11-17/h3-5,8-9,14,16H,1-2,6-7,10-12H2,(H,18,19)/t14-/m0/s1. The lowest BCUT2D eigenvalue weighted by molar-refractivity contribution is -0.138. The molecule has 1 aliphatic rings. The maximum Gasteiger partial charge on any atom is 0.322 e. The van der Waals surface area contributed by atoms with Gasteiger partial charge in [0.25, 0.3) is 10.2 Å². The molecule has 0 amide bonds. The monoisotopic (exact) mass is 326 g/mol. The van der Waals surface area contributed by atoms with Crippen molar-refractivity contribution in [2.45, 2.75) is 38.1 Å². The van der Waals surface area contributed by atoms with Crippen molar-refractivity contribution in [3.05, 3.63) is 35.9 Å². The Bertz CT molecular complexity index is 581. The Morgan fingerprint density at radius 1 is 1.14 bits per heavy atom. The molecule has 0 radical (unpaired) electrons. The molecule has 0 aromatic heterocycles. The highest BCUT2D eigenvalue weighted by molar-refractivity contribution is 7.87. The van der Waals surface area contributed by atoms with E-state index in [0.717, 1.165) is 31.2 Å². The van der Waals surface area contributed by atoms with Crippen LogP contribution in [0.2, 0.25) is 0 Å². The number of nitrogens with one attached hydrogen (secondary N) is 1. The predicted octanol–water partition coefficient (Wildman–Crippen LogP) is 1.39. The number of aliphatic carboxylic acids is 1. The summed E-state index contributed by atoms with van der Waals surface area (Å²) >= 11 is 0. The number of carboxylic acids is 1. The molecule has 2 rings (SSSR count). The summed E-state index contributed by atoms with van der Waals surface area (Å²) in [5, 5.41) is 9.31. The molecular weight excluding hydrogens is 304 g/mol. The molecule has 0 saturated carbocycles. The molecule has 2 N–H and O–H groups in total. The molecule has 7 heteroatoms. The first-order valence-electron chi connectivity index (χ1n) is 7.53. The van der Waals surface area contributed by atoms with Gasteiger partial charge in [0.1, 0.15) is 6.04 Å². The first-order valence-corrected chi connectivity index (χ1v) is 8.97. The van der Waals surface area contributed by atoms with Crippen LogP contribution in [-0.2, 0) is 21.4 Å². The minimum atomic E-state index is -3.77. The first kappa shape index (κ1) is 16.9. The number of carboxylic acid groups (broad SMARTS) is 1. The van der Waals surface area contributed by atoms with Gasteiger partial charge in [-0.25, -0.2) is 0 Å². The maximum absolute atomic E-state index is 12.4. The fourth-order valence-electron chi connectivity index (χ4n) is 2.57. The van der Waals surface area contributed by atoms with E-state index in [1.165, 1.54) is 4.31 Å². The highest BCUT2D eigenvalue weighted by Gasteiger charge is 2.29. The van der Waals surface area contributed by atoms with E-state index in [1.807, 2.05) is 6.07 Å². The zero-order valence-corrected chi connectivity index (χ0v) is 13.3. The fraction of sp³-hybridized carbons (Fsp3) is 0.533. The summed E-state index contributed by atoms with van der Waals surface area (Å²) < 4.78 is 28.5. The van der Waals surface area contributed by atoms with Crippen LogP contribution in [0.25, 0.3) is 0 Å².